The summed E-state index contributed by atoms with van der Waals surface area (Å²) in [4.78, 5) is 4.40. The van der Waals surface area contributed by atoms with E-state index < -0.39 is 0 Å². The maximum Gasteiger partial charge on any atom is 0.192 e. The van der Waals surface area contributed by atoms with Crippen LogP contribution in [0.2, 0.25) is 0 Å². The highest BCUT2D eigenvalue weighted by molar-refractivity contribution is 5.90. The highest BCUT2D eigenvalue weighted by Crippen LogP contribution is 2.43. The summed E-state index contributed by atoms with van der Waals surface area (Å²) in [5.74, 6) is 1.60. The number of hydrogen-bond donors (Lipinski definition) is 1. The molecule has 4 heteroatoms. The number of aryl methyl sites for hydroxylation is 3. The topological polar surface area (TPSA) is 47.3 Å². The lowest BCUT2D eigenvalue weighted by Crippen LogP contribution is -2.14. The molecular formula is C12H14N2O2. The second-order valence-corrected chi connectivity index (χ2v) is 4.27. The van der Waals surface area contributed by atoms with Crippen LogP contribution in [0.15, 0.2) is 4.42 Å². The Hall–Kier alpha value is -1.71. The Balaban J connectivity index is 2.41. The Morgan fingerprint density at radius 1 is 1.19 bits per heavy atom. The molecule has 2 aromatic rings. The van der Waals surface area contributed by atoms with Gasteiger partial charge in [-0.1, -0.05) is 0 Å². The van der Waals surface area contributed by atoms with Crippen molar-refractivity contribution in [1.82, 2.24) is 4.98 Å². The second kappa shape index (κ2) is 2.90. The van der Waals surface area contributed by atoms with E-state index in [2.05, 4.69) is 10.3 Å². The Labute approximate surface area is 93.6 Å². The normalized spacial score (nSPS) is 18.4. The van der Waals surface area contributed by atoms with E-state index in [9.17, 15) is 0 Å². The highest BCUT2D eigenvalue weighted by atomic mass is 16.5. The third-order valence-electron chi connectivity index (χ3n) is 3.01. The average Bonchev–Trinajstić information content (AvgIpc) is 2.78. The fraction of sp³-hybridized carbons (Fsp3) is 0.417. The monoisotopic (exact) mass is 218 g/mol. The van der Waals surface area contributed by atoms with Crippen LogP contribution in [0.1, 0.15) is 23.9 Å². The number of nitrogens with one attached hydrogen (secondary N) is 1. The molecule has 1 aliphatic rings. The number of oxazole rings is 1. The lowest BCUT2D eigenvalue weighted by Gasteiger charge is -2.05. The fourth-order valence-electron chi connectivity index (χ4n) is 2.24. The molecule has 0 saturated heterocycles. The van der Waals surface area contributed by atoms with Crippen molar-refractivity contribution in [2.75, 3.05) is 5.32 Å². The molecular weight excluding hydrogens is 204 g/mol. The summed E-state index contributed by atoms with van der Waals surface area (Å²) in [6.45, 7) is 7.89. The van der Waals surface area contributed by atoms with Crippen LogP contribution < -0.4 is 10.1 Å². The molecule has 16 heavy (non-hydrogen) atoms. The molecule has 0 radical (unpaired) electrons. The number of aromatic nitrogens is 1. The van der Waals surface area contributed by atoms with Gasteiger partial charge in [-0.05, 0) is 20.8 Å². The smallest absolute Gasteiger partial charge is 0.192 e. The number of anilines is 1. The molecule has 0 fully saturated rings. The van der Waals surface area contributed by atoms with Crippen molar-refractivity contribution in [3.05, 3.63) is 17.0 Å². The van der Waals surface area contributed by atoms with Gasteiger partial charge in [0.15, 0.2) is 23.5 Å². The number of rotatable bonds is 0. The Bertz CT molecular complexity index is 537. The van der Waals surface area contributed by atoms with Gasteiger partial charge in [-0.2, -0.15) is 0 Å². The van der Waals surface area contributed by atoms with Gasteiger partial charge in [0.1, 0.15) is 5.52 Å². The summed E-state index contributed by atoms with van der Waals surface area (Å²) in [6.07, 6.45) is 0.0139. The predicted molar refractivity (Wildman–Crippen MR) is 61.9 cm³/mol. The third-order valence-corrected chi connectivity index (χ3v) is 3.01. The highest BCUT2D eigenvalue weighted by Gasteiger charge is 2.26. The standard InChI is InChI=1S/C12H14N2O2/c1-5-9-12(16-7(3)13-9)6(2)10-11(5)15-8(4)14-10/h7,13H,1-4H3. The van der Waals surface area contributed by atoms with Crippen LogP contribution in [-0.2, 0) is 0 Å². The van der Waals surface area contributed by atoms with E-state index in [4.69, 9.17) is 9.15 Å². The minimum Gasteiger partial charge on any atom is -0.469 e. The Kier molecular flexibility index (Phi) is 1.73. The van der Waals surface area contributed by atoms with Crippen molar-refractivity contribution >= 4 is 16.8 Å². The molecule has 1 N–H and O–H groups in total. The van der Waals surface area contributed by atoms with Crippen molar-refractivity contribution in [3.8, 4) is 5.75 Å². The molecule has 4 nitrogen and oxygen atoms in total. The number of fused-ring (bicyclic) bond motifs is 2. The fourth-order valence-corrected chi connectivity index (χ4v) is 2.24. The second-order valence-electron chi connectivity index (χ2n) is 4.27. The van der Waals surface area contributed by atoms with Crippen LogP contribution in [0.4, 0.5) is 5.69 Å². The van der Waals surface area contributed by atoms with E-state index >= 15 is 0 Å². The number of nitrogens with zero attached hydrogens (tertiary/aromatic N) is 1. The summed E-state index contributed by atoms with van der Waals surface area (Å²) in [7, 11) is 0. The van der Waals surface area contributed by atoms with Crippen molar-refractivity contribution in [2.45, 2.75) is 33.9 Å². The van der Waals surface area contributed by atoms with Gasteiger partial charge in [0.05, 0.1) is 5.69 Å². The first-order valence-electron chi connectivity index (χ1n) is 5.41. The van der Waals surface area contributed by atoms with Crippen LogP contribution in [0, 0.1) is 20.8 Å². The van der Waals surface area contributed by atoms with Gasteiger partial charge in [-0.3, -0.25) is 0 Å². The summed E-state index contributed by atoms with van der Waals surface area (Å²) in [5.41, 5.74) is 4.92. The minimum absolute atomic E-state index is 0.0139. The minimum atomic E-state index is 0.0139. The third kappa shape index (κ3) is 1.07. The molecule has 1 aromatic heterocycles. The Morgan fingerprint density at radius 2 is 1.94 bits per heavy atom. The Morgan fingerprint density at radius 3 is 2.69 bits per heavy atom. The van der Waals surface area contributed by atoms with Crippen molar-refractivity contribution < 1.29 is 9.15 Å². The van der Waals surface area contributed by atoms with Crippen molar-refractivity contribution in [1.29, 1.82) is 0 Å². The zero-order chi connectivity index (χ0) is 11.4. The summed E-state index contributed by atoms with van der Waals surface area (Å²) in [6, 6.07) is 0. The van der Waals surface area contributed by atoms with Crippen LogP contribution >= 0.6 is 0 Å². The molecule has 0 amide bonds. The number of hydrogen-bond acceptors (Lipinski definition) is 4. The molecule has 1 aliphatic heterocycles. The van der Waals surface area contributed by atoms with Crippen LogP contribution in [0.5, 0.6) is 5.75 Å². The lowest BCUT2D eigenvalue weighted by atomic mass is 10.1. The van der Waals surface area contributed by atoms with Gasteiger partial charge >= 0.3 is 0 Å². The molecule has 0 spiro atoms. The van der Waals surface area contributed by atoms with Crippen molar-refractivity contribution in [2.24, 2.45) is 0 Å². The first-order chi connectivity index (χ1) is 7.58. The van der Waals surface area contributed by atoms with Gasteiger partial charge < -0.3 is 14.5 Å². The maximum absolute atomic E-state index is 5.74. The zero-order valence-corrected chi connectivity index (χ0v) is 9.84. The van der Waals surface area contributed by atoms with Gasteiger partial charge in [-0.15, -0.1) is 0 Å². The molecule has 1 aromatic carbocycles. The van der Waals surface area contributed by atoms with Gasteiger partial charge in [0, 0.05) is 18.1 Å². The van der Waals surface area contributed by atoms with E-state index in [1.807, 2.05) is 27.7 Å². The number of benzene rings is 1. The summed E-state index contributed by atoms with van der Waals surface area (Å²) < 4.78 is 11.4. The van der Waals surface area contributed by atoms with Gasteiger partial charge in [0.2, 0.25) is 0 Å². The van der Waals surface area contributed by atoms with Crippen molar-refractivity contribution in [3.63, 3.8) is 0 Å². The molecule has 0 aliphatic carbocycles. The van der Waals surface area contributed by atoms with Gasteiger partial charge in [0.25, 0.3) is 0 Å². The van der Waals surface area contributed by atoms with E-state index in [1.165, 1.54) is 0 Å². The summed E-state index contributed by atoms with van der Waals surface area (Å²) in [5, 5.41) is 3.30. The van der Waals surface area contributed by atoms with Crippen LogP contribution in [0.25, 0.3) is 11.1 Å². The van der Waals surface area contributed by atoms with E-state index in [0.29, 0.717) is 5.89 Å². The molecule has 84 valence electrons. The van der Waals surface area contributed by atoms with Gasteiger partial charge in [-0.25, -0.2) is 4.98 Å². The van der Waals surface area contributed by atoms with E-state index in [-0.39, 0.29) is 6.23 Å². The predicted octanol–water partition coefficient (Wildman–Crippen LogP) is 2.90. The first kappa shape index (κ1) is 9.51. The van der Waals surface area contributed by atoms with E-state index in [0.717, 1.165) is 33.7 Å². The molecule has 2 heterocycles. The largest absolute Gasteiger partial charge is 0.469 e. The maximum atomic E-state index is 5.74. The molecule has 0 bridgehead atoms. The van der Waals surface area contributed by atoms with Crippen LogP contribution in [-0.4, -0.2) is 11.2 Å². The lowest BCUT2D eigenvalue weighted by molar-refractivity contribution is 0.273. The first-order valence-corrected chi connectivity index (χ1v) is 5.41. The molecule has 1 unspecified atom stereocenters. The number of ether oxygens (including phenoxy) is 1. The molecule has 3 rings (SSSR count). The molecule has 0 saturated carbocycles. The average molecular weight is 218 g/mol. The molecule has 1 atom stereocenters. The SMILES string of the molecule is Cc1nc2c(C)c3c(c(C)c2o1)NC(C)O3. The summed E-state index contributed by atoms with van der Waals surface area (Å²) >= 11 is 0. The van der Waals surface area contributed by atoms with Crippen LogP contribution in [0.3, 0.4) is 0 Å². The zero-order valence-electron chi connectivity index (χ0n) is 9.84. The van der Waals surface area contributed by atoms with E-state index in [1.54, 1.807) is 0 Å². The quantitative estimate of drug-likeness (QED) is 0.738.